The summed E-state index contributed by atoms with van der Waals surface area (Å²) in [5.74, 6) is 0.135. The Kier molecular flexibility index (Phi) is 4.54. The Bertz CT molecular complexity index is 612. The summed E-state index contributed by atoms with van der Waals surface area (Å²) in [4.78, 5) is 14.5. The number of nitrogens with zero attached hydrogens (tertiary/aromatic N) is 1. The lowest BCUT2D eigenvalue weighted by Crippen LogP contribution is -2.26. The van der Waals surface area contributed by atoms with Crippen molar-refractivity contribution in [3.8, 4) is 0 Å². The Morgan fingerprint density at radius 3 is 2.36 bits per heavy atom. The van der Waals surface area contributed by atoms with Crippen LogP contribution in [0.3, 0.4) is 0 Å². The number of hydrogen-bond acceptors (Lipinski definition) is 3. The van der Waals surface area contributed by atoms with E-state index in [0.717, 1.165) is 19.6 Å². The average Bonchev–Trinajstić information content (AvgIpc) is 2.88. The van der Waals surface area contributed by atoms with Gasteiger partial charge >= 0.3 is 5.97 Å². The summed E-state index contributed by atoms with van der Waals surface area (Å²) < 4.78 is 5.70. The van der Waals surface area contributed by atoms with Crippen LogP contribution in [-0.2, 0) is 11.3 Å². The number of carbonyl (C=O) groups excluding carboxylic acids is 1. The highest BCUT2D eigenvalue weighted by Crippen LogP contribution is 2.22. The summed E-state index contributed by atoms with van der Waals surface area (Å²) in [7, 11) is 0. The zero-order chi connectivity index (χ0) is 15.4. The fourth-order valence-electron chi connectivity index (χ4n) is 2.94. The molecule has 3 heteroatoms. The number of likely N-dealkylation sites (tertiary alicyclic amines) is 1. The molecule has 3 rings (SSSR count). The van der Waals surface area contributed by atoms with Crippen LogP contribution in [0.2, 0.25) is 0 Å². The van der Waals surface area contributed by atoms with Gasteiger partial charge in [-0.3, -0.25) is 4.90 Å². The van der Waals surface area contributed by atoms with E-state index in [1.807, 2.05) is 24.3 Å². The van der Waals surface area contributed by atoms with Gasteiger partial charge in [0.05, 0.1) is 5.56 Å². The summed E-state index contributed by atoms with van der Waals surface area (Å²) in [5, 5.41) is 0. The standard InChI is InChI=1S/C19H21NO2/c1-15-12-20(13-16-8-4-2-5-9-16)14-18(15)22-19(21)17-10-6-3-7-11-17/h2-11,15,18H,12-14H2,1H3/t15-,18-/m0/s1. The van der Waals surface area contributed by atoms with Gasteiger partial charge in [-0.25, -0.2) is 4.79 Å². The van der Waals surface area contributed by atoms with Gasteiger partial charge in [-0.05, 0) is 17.7 Å². The van der Waals surface area contributed by atoms with Crippen LogP contribution in [0.4, 0.5) is 0 Å². The fraction of sp³-hybridized carbons (Fsp3) is 0.316. The topological polar surface area (TPSA) is 29.5 Å². The molecule has 0 unspecified atom stereocenters. The Balaban J connectivity index is 1.58. The van der Waals surface area contributed by atoms with Gasteiger partial charge in [-0.1, -0.05) is 55.5 Å². The molecule has 0 spiro atoms. The van der Waals surface area contributed by atoms with Crippen LogP contribution < -0.4 is 0 Å². The zero-order valence-corrected chi connectivity index (χ0v) is 12.8. The van der Waals surface area contributed by atoms with Crippen LogP contribution in [0.25, 0.3) is 0 Å². The maximum absolute atomic E-state index is 12.2. The molecule has 114 valence electrons. The van der Waals surface area contributed by atoms with E-state index in [0.29, 0.717) is 11.5 Å². The van der Waals surface area contributed by atoms with Crippen molar-refractivity contribution in [2.45, 2.75) is 19.6 Å². The molecule has 0 bridgehead atoms. The SMILES string of the molecule is C[C@H]1CN(Cc2ccccc2)C[C@@H]1OC(=O)c1ccccc1. The van der Waals surface area contributed by atoms with Gasteiger partial charge in [-0.2, -0.15) is 0 Å². The van der Waals surface area contributed by atoms with Crippen molar-refractivity contribution in [3.05, 3.63) is 71.8 Å². The Labute approximate surface area is 131 Å². The van der Waals surface area contributed by atoms with Gasteiger partial charge in [0.15, 0.2) is 0 Å². The van der Waals surface area contributed by atoms with Crippen LogP contribution in [0.15, 0.2) is 60.7 Å². The molecule has 2 aromatic rings. The molecule has 1 aliphatic rings. The first kappa shape index (κ1) is 14.8. The molecule has 0 radical (unpaired) electrons. The molecular formula is C19H21NO2. The Morgan fingerprint density at radius 2 is 1.68 bits per heavy atom. The monoisotopic (exact) mass is 295 g/mol. The van der Waals surface area contributed by atoms with Crippen molar-refractivity contribution in [1.82, 2.24) is 4.90 Å². The molecule has 0 aromatic heterocycles. The van der Waals surface area contributed by atoms with E-state index in [9.17, 15) is 4.79 Å². The van der Waals surface area contributed by atoms with E-state index in [1.54, 1.807) is 12.1 Å². The highest BCUT2D eigenvalue weighted by atomic mass is 16.5. The van der Waals surface area contributed by atoms with Crippen LogP contribution in [-0.4, -0.2) is 30.1 Å². The third-order valence-corrected chi connectivity index (χ3v) is 4.14. The number of esters is 1. The van der Waals surface area contributed by atoms with E-state index in [1.165, 1.54) is 5.56 Å². The van der Waals surface area contributed by atoms with Crippen molar-refractivity contribution in [2.24, 2.45) is 5.92 Å². The van der Waals surface area contributed by atoms with Crippen LogP contribution in [0, 0.1) is 5.92 Å². The van der Waals surface area contributed by atoms with Gasteiger partial charge < -0.3 is 4.74 Å². The normalized spacial score (nSPS) is 21.7. The van der Waals surface area contributed by atoms with E-state index in [4.69, 9.17) is 4.74 Å². The van der Waals surface area contributed by atoms with Gasteiger partial charge in [0, 0.05) is 25.6 Å². The zero-order valence-electron chi connectivity index (χ0n) is 12.8. The maximum atomic E-state index is 12.2. The molecule has 2 aromatic carbocycles. The lowest BCUT2D eigenvalue weighted by Gasteiger charge is -2.16. The minimum Gasteiger partial charge on any atom is -0.457 e. The van der Waals surface area contributed by atoms with Gasteiger partial charge in [0.2, 0.25) is 0 Å². The summed E-state index contributed by atoms with van der Waals surface area (Å²) >= 11 is 0. The van der Waals surface area contributed by atoms with Crippen LogP contribution in [0.1, 0.15) is 22.8 Å². The summed E-state index contributed by atoms with van der Waals surface area (Å²) in [5.41, 5.74) is 1.92. The third-order valence-electron chi connectivity index (χ3n) is 4.14. The quantitative estimate of drug-likeness (QED) is 0.810. The lowest BCUT2D eigenvalue weighted by atomic mass is 10.1. The van der Waals surface area contributed by atoms with Gasteiger partial charge in [0.1, 0.15) is 6.10 Å². The smallest absolute Gasteiger partial charge is 0.338 e. The average molecular weight is 295 g/mol. The molecule has 0 N–H and O–H groups in total. The third kappa shape index (κ3) is 3.55. The second-order valence-electron chi connectivity index (χ2n) is 5.97. The minimum atomic E-state index is -0.223. The highest BCUT2D eigenvalue weighted by Gasteiger charge is 2.32. The van der Waals surface area contributed by atoms with Crippen molar-refractivity contribution in [2.75, 3.05) is 13.1 Å². The van der Waals surface area contributed by atoms with Crippen LogP contribution in [0.5, 0.6) is 0 Å². The van der Waals surface area contributed by atoms with Crippen molar-refractivity contribution >= 4 is 5.97 Å². The summed E-state index contributed by atoms with van der Waals surface area (Å²) in [6, 6.07) is 19.6. The van der Waals surface area contributed by atoms with Gasteiger partial charge in [0.25, 0.3) is 0 Å². The van der Waals surface area contributed by atoms with E-state index < -0.39 is 0 Å². The summed E-state index contributed by atoms with van der Waals surface area (Å²) in [6.07, 6.45) is -0.0311. The van der Waals surface area contributed by atoms with Crippen molar-refractivity contribution < 1.29 is 9.53 Å². The highest BCUT2D eigenvalue weighted by molar-refractivity contribution is 5.89. The molecule has 0 aliphatic carbocycles. The van der Waals surface area contributed by atoms with Crippen molar-refractivity contribution in [3.63, 3.8) is 0 Å². The molecule has 1 saturated heterocycles. The first-order chi connectivity index (χ1) is 10.7. The second kappa shape index (κ2) is 6.75. The predicted octanol–water partition coefficient (Wildman–Crippen LogP) is 3.36. The fourth-order valence-corrected chi connectivity index (χ4v) is 2.94. The molecule has 1 aliphatic heterocycles. The molecule has 0 saturated carbocycles. The van der Waals surface area contributed by atoms with E-state index in [2.05, 4.69) is 36.1 Å². The maximum Gasteiger partial charge on any atom is 0.338 e. The number of carbonyl (C=O) groups is 1. The molecule has 2 atom stereocenters. The summed E-state index contributed by atoms with van der Waals surface area (Å²) in [6.45, 7) is 4.81. The number of rotatable bonds is 4. The van der Waals surface area contributed by atoms with E-state index >= 15 is 0 Å². The predicted molar refractivity (Wildman–Crippen MR) is 86.5 cm³/mol. The molecule has 22 heavy (non-hydrogen) atoms. The number of benzene rings is 2. The van der Waals surface area contributed by atoms with E-state index in [-0.39, 0.29) is 12.1 Å². The molecule has 1 heterocycles. The molecular weight excluding hydrogens is 274 g/mol. The van der Waals surface area contributed by atoms with Crippen molar-refractivity contribution in [1.29, 1.82) is 0 Å². The van der Waals surface area contributed by atoms with Gasteiger partial charge in [-0.15, -0.1) is 0 Å². The lowest BCUT2D eigenvalue weighted by molar-refractivity contribution is 0.0247. The number of hydrogen-bond donors (Lipinski definition) is 0. The first-order valence-corrected chi connectivity index (χ1v) is 7.74. The Morgan fingerprint density at radius 1 is 1.05 bits per heavy atom. The molecule has 1 fully saturated rings. The minimum absolute atomic E-state index is 0.0311. The molecule has 0 amide bonds. The largest absolute Gasteiger partial charge is 0.457 e. The first-order valence-electron chi connectivity index (χ1n) is 7.74. The molecule has 3 nitrogen and oxygen atoms in total. The second-order valence-corrected chi connectivity index (χ2v) is 5.97. The Hall–Kier alpha value is -2.13. The van der Waals surface area contributed by atoms with Crippen LogP contribution >= 0.6 is 0 Å². The number of ether oxygens (including phenoxy) is 1.